The van der Waals surface area contributed by atoms with Crippen LogP contribution in [0.5, 0.6) is 0 Å². The molecule has 0 N–H and O–H groups in total. The minimum absolute atomic E-state index is 0.0981. The highest BCUT2D eigenvalue weighted by Crippen LogP contribution is 2.15. The smallest absolute Gasteiger partial charge is 0.306 e. The van der Waals surface area contributed by atoms with Crippen molar-refractivity contribution in [2.45, 2.75) is 271 Å². The maximum Gasteiger partial charge on any atom is 0.306 e. The Labute approximate surface area is 402 Å². The Kier molecular flexibility index (Phi) is 50.9. The third kappa shape index (κ3) is 51.7. The molecule has 0 rings (SSSR count). The van der Waals surface area contributed by atoms with Crippen molar-refractivity contribution >= 4 is 17.9 Å². The summed E-state index contributed by atoms with van der Waals surface area (Å²) in [6.45, 7) is 6.54. The lowest BCUT2D eigenvalue weighted by molar-refractivity contribution is -0.166. The Morgan fingerprint density at radius 3 is 1.00 bits per heavy atom. The first-order chi connectivity index (χ1) is 32.0. The molecule has 0 aliphatic carbocycles. The van der Waals surface area contributed by atoms with Crippen LogP contribution >= 0.6 is 0 Å². The second-order valence-electron chi connectivity index (χ2n) is 18.1. The third-order valence-corrected chi connectivity index (χ3v) is 11.7. The van der Waals surface area contributed by atoms with Crippen molar-refractivity contribution in [1.29, 1.82) is 0 Å². The van der Waals surface area contributed by atoms with Crippen molar-refractivity contribution < 1.29 is 28.6 Å². The zero-order chi connectivity index (χ0) is 47.2. The maximum atomic E-state index is 12.8. The monoisotopic (exact) mass is 907 g/mol. The van der Waals surface area contributed by atoms with Crippen LogP contribution in [0.2, 0.25) is 0 Å². The molecule has 0 spiro atoms. The van der Waals surface area contributed by atoms with E-state index in [0.29, 0.717) is 19.3 Å². The van der Waals surface area contributed by atoms with Crippen LogP contribution in [0.4, 0.5) is 0 Å². The summed E-state index contributed by atoms with van der Waals surface area (Å²) in [5.41, 5.74) is 0. The lowest BCUT2D eigenvalue weighted by atomic mass is 10.1. The number of carbonyl (C=O) groups is 3. The highest BCUT2D eigenvalue weighted by atomic mass is 16.6. The molecule has 0 saturated carbocycles. The van der Waals surface area contributed by atoms with E-state index in [1.165, 1.54) is 154 Å². The van der Waals surface area contributed by atoms with E-state index in [1.807, 2.05) is 6.08 Å². The van der Waals surface area contributed by atoms with Crippen LogP contribution in [0.3, 0.4) is 0 Å². The number of unbranched alkanes of at least 4 members (excludes halogenated alkanes) is 26. The first-order valence-corrected chi connectivity index (χ1v) is 27.4. The van der Waals surface area contributed by atoms with Crippen molar-refractivity contribution in [2.75, 3.05) is 13.2 Å². The maximum absolute atomic E-state index is 12.8. The van der Waals surface area contributed by atoms with Gasteiger partial charge in [0.15, 0.2) is 6.10 Å². The van der Waals surface area contributed by atoms with Gasteiger partial charge in [-0.05, 0) is 83.5 Å². The van der Waals surface area contributed by atoms with E-state index in [0.717, 1.165) is 64.2 Å². The van der Waals surface area contributed by atoms with Gasteiger partial charge in [0, 0.05) is 19.3 Å². The van der Waals surface area contributed by atoms with E-state index in [9.17, 15) is 14.4 Å². The largest absolute Gasteiger partial charge is 0.462 e. The van der Waals surface area contributed by atoms with Crippen LogP contribution in [-0.2, 0) is 28.6 Å². The second kappa shape index (κ2) is 53.5. The van der Waals surface area contributed by atoms with E-state index in [-0.39, 0.29) is 37.5 Å². The fourth-order valence-corrected chi connectivity index (χ4v) is 7.54. The number of carbonyl (C=O) groups excluding carboxylic acids is 3. The van der Waals surface area contributed by atoms with Gasteiger partial charge < -0.3 is 14.2 Å². The molecule has 0 aromatic heterocycles. The molecular weight excluding hydrogens is 805 g/mol. The van der Waals surface area contributed by atoms with Gasteiger partial charge in [0.2, 0.25) is 0 Å². The van der Waals surface area contributed by atoms with Gasteiger partial charge in [-0.1, -0.05) is 235 Å². The van der Waals surface area contributed by atoms with Gasteiger partial charge >= 0.3 is 17.9 Å². The molecule has 0 radical (unpaired) electrons. The quantitative estimate of drug-likeness (QED) is 0.0262. The lowest BCUT2D eigenvalue weighted by Crippen LogP contribution is -2.30. The fourth-order valence-electron chi connectivity index (χ4n) is 7.54. The number of hydrogen-bond donors (Lipinski definition) is 0. The minimum atomic E-state index is -0.805. The summed E-state index contributed by atoms with van der Waals surface area (Å²) in [4.78, 5) is 38.0. The van der Waals surface area contributed by atoms with Crippen LogP contribution in [0.1, 0.15) is 265 Å². The predicted octanol–water partition coefficient (Wildman–Crippen LogP) is 18.2. The van der Waals surface area contributed by atoms with Crippen LogP contribution in [0.15, 0.2) is 72.9 Å². The van der Waals surface area contributed by atoms with E-state index in [4.69, 9.17) is 14.2 Å². The van der Waals surface area contributed by atoms with Gasteiger partial charge in [-0.15, -0.1) is 0 Å². The topological polar surface area (TPSA) is 78.9 Å². The van der Waals surface area contributed by atoms with E-state index < -0.39 is 6.10 Å². The summed E-state index contributed by atoms with van der Waals surface area (Å²) >= 11 is 0. The zero-order valence-corrected chi connectivity index (χ0v) is 42.7. The van der Waals surface area contributed by atoms with Gasteiger partial charge in [-0.25, -0.2) is 0 Å². The van der Waals surface area contributed by atoms with Gasteiger partial charge in [0.1, 0.15) is 13.2 Å². The normalized spacial score (nSPS) is 12.6. The molecule has 65 heavy (non-hydrogen) atoms. The average Bonchev–Trinajstić information content (AvgIpc) is 3.30. The molecule has 1 atom stereocenters. The predicted molar refractivity (Wildman–Crippen MR) is 279 cm³/mol. The highest BCUT2D eigenvalue weighted by Gasteiger charge is 2.19. The first kappa shape index (κ1) is 61.9. The van der Waals surface area contributed by atoms with Crippen LogP contribution in [-0.4, -0.2) is 37.2 Å². The Morgan fingerprint density at radius 2 is 0.585 bits per heavy atom. The van der Waals surface area contributed by atoms with Gasteiger partial charge in [-0.2, -0.15) is 0 Å². The van der Waals surface area contributed by atoms with Gasteiger partial charge in [-0.3, -0.25) is 14.4 Å². The van der Waals surface area contributed by atoms with Crippen molar-refractivity contribution in [1.82, 2.24) is 0 Å². The Balaban J connectivity index is 4.46. The number of rotatable bonds is 49. The molecule has 0 heterocycles. The standard InChI is InChI=1S/C59H102O6/c1-4-7-10-13-16-19-22-24-26-28-29-31-32-34-37-40-43-46-49-52-58(61)64-55-56(54-63-57(60)51-48-45-42-39-36-21-18-15-12-9-6-3)65-59(62)53-50-47-44-41-38-35-33-30-27-25-23-20-17-14-11-8-5-2/h16,19,24-27,29,31,34,37,43,46,56H,4-15,17-18,20-23,28,30,32-33,35-36,38-42,44-45,47-55H2,1-3H3/b19-16-,26-24-,27-25-,31-29-,37-34-,46-43-/t56-/m0/s1. The average molecular weight is 907 g/mol. The molecule has 0 fully saturated rings. The Bertz CT molecular complexity index is 1230. The van der Waals surface area contributed by atoms with Crippen LogP contribution in [0, 0.1) is 0 Å². The third-order valence-electron chi connectivity index (χ3n) is 11.7. The summed E-state index contributed by atoms with van der Waals surface area (Å²) < 4.78 is 16.7. The lowest BCUT2D eigenvalue weighted by Gasteiger charge is -2.18. The molecule has 0 aliphatic heterocycles. The van der Waals surface area contributed by atoms with Crippen molar-refractivity contribution in [3.8, 4) is 0 Å². The molecule has 0 unspecified atom stereocenters. The van der Waals surface area contributed by atoms with Crippen LogP contribution < -0.4 is 0 Å². The summed E-state index contributed by atoms with van der Waals surface area (Å²) in [5.74, 6) is -0.985. The highest BCUT2D eigenvalue weighted by molar-refractivity contribution is 5.71. The number of ether oxygens (including phenoxy) is 3. The van der Waals surface area contributed by atoms with Crippen molar-refractivity contribution in [3.63, 3.8) is 0 Å². The number of esters is 3. The number of hydrogen-bond acceptors (Lipinski definition) is 6. The van der Waals surface area contributed by atoms with Gasteiger partial charge in [0.25, 0.3) is 0 Å². The van der Waals surface area contributed by atoms with E-state index in [2.05, 4.69) is 87.6 Å². The molecule has 0 aromatic rings. The molecule has 6 nitrogen and oxygen atoms in total. The van der Waals surface area contributed by atoms with Crippen LogP contribution in [0.25, 0.3) is 0 Å². The SMILES string of the molecule is CCCCC/C=C\C/C=C\C/C=C\C/C=C\C/C=C\CCC(=O)OC[C@H](COC(=O)CCCCCCCCCCCCC)OC(=O)CCCCCCCCC/C=C\CCCCCCCC. The van der Waals surface area contributed by atoms with Crippen molar-refractivity contribution in [2.24, 2.45) is 0 Å². The second-order valence-corrected chi connectivity index (χ2v) is 18.1. The molecule has 0 amide bonds. The molecule has 0 saturated heterocycles. The molecular formula is C59H102O6. The summed E-state index contributed by atoms with van der Waals surface area (Å²) in [6.07, 6.45) is 67.5. The Hall–Kier alpha value is -3.15. The first-order valence-electron chi connectivity index (χ1n) is 27.4. The summed E-state index contributed by atoms with van der Waals surface area (Å²) in [6, 6.07) is 0. The molecule has 0 bridgehead atoms. The molecule has 0 aliphatic rings. The van der Waals surface area contributed by atoms with E-state index >= 15 is 0 Å². The summed E-state index contributed by atoms with van der Waals surface area (Å²) in [5, 5.41) is 0. The summed E-state index contributed by atoms with van der Waals surface area (Å²) in [7, 11) is 0. The Morgan fingerprint density at radius 1 is 0.308 bits per heavy atom. The zero-order valence-electron chi connectivity index (χ0n) is 42.7. The van der Waals surface area contributed by atoms with E-state index in [1.54, 1.807) is 0 Å². The van der Waals surface area contributed by atoms with Crippen molar-refractivity contribution in [3.05, 3.63) is 72.9 Å². The molecule has 374 valence electrons. The number of allylic oxidation sites excluding steroid dienone is 12. The molecule has 0 aromatic carbocycles. The van der Waals surface area contributed by atoms with Gasteiger partial charge in [0.05, 0.1) is 0 Å². The fraction of sp³-hybridized carbons (Fsp3) is 0.746. The minimum Gasteiger partial charge on any atom is -0.462 e. The molecule has 6 heteroatoms.